The maximum Gasteiger partial charge on any atom is 0.417 e. The van der Waals surface area contributed by atoms with Crippen LogP contribution in [0.15, 0.2) is 42.7 Å². The number of amides is 1. The van der Waals surface area contributed by atoms with Crippen LogP contribution >= 0.6 is 11.6 Å². The number of carbonyl (C=O) groups is 1. The highest BCUT2D eigenvalue weighted by Crippen LogP contribution is 2.32. The van der Waals surface area contributed by atoms with E-state index in [4.69, 9.17) is 11.6 Å². The lowest BCUT2D eigenvalue weighted by molar-refractivity contribution is -0.138. The van der Waals surface area contributed by atoms with Crippen LogP contribution in [0.25, 0.3) is 0 Å². The van der Waals surface area contributed by atoms with E-state index < -0.39 is 34.9 Å². The van der Waals surface area contributed by atoms with Crippen molar-refractivity contribution in [3.63, 3.8) is 0 Å². The van der Waals surface area contributed by atoms with Gasteiger partial charge in [0, 0.05) is 35.4 Å². The Kier molecular flexibility index (Phi) is 6.15. The van der Waals surface area contributed by atoms with Gasteiger partial charge in [-0.1, -0.05) is 29.5 Å². The van der Waals surface area contributed by atoms with Crippen molar-refractivity contribution in [1.29, 1.82) is 0 Å². The topological polar surface area (TPSA) is 62.2 Å². The van der Waals surface area contributed by atoms with Crippen LogP contribution in [0.1, 0.15) is 47.2 Å². The van der Waals surface area contributed by atoms with Gasteiger partial charge >= 0.3 is 6.18 Å². The molecule has 0 saturated heterocycles. The second kappa shape index (κ2) is 8.44. The number of pyridine rings is 1. The first-order chi connectivity index (χ1) is 13.7. The zero-order chi connectivity index (χ0) is 21.1. The quantitative estimate of drug-likeness (QED) is 0.713. The van der Waals surface area contributed by atoms with E-state index in [1.807, 2.05) is 0 Å². The summed E-state index contributed by atoms with van der Waals surface area (Å²) in [7, 11) is 0. The van der Waals surface area contributed by atoms with E-state index >= 15 is 0 Å². The summed E-state index contributed by atoms with van der Waals surface area (Å²) in [4.78, 5) is 16.1. The standard InChI is InChI=1S/C21H18ClF3N2O2/c22-15-4-1-3-14(11-15)6-9-20(29)8-2-5-16(12-20)27-19(28)17-13-26-10-7-18(17)21(23,24)25/h1,3-4,7,10-11,13,16,29H,2,5,8,12H2,(H,27,28)/t16-,20+/m0/s1. The first-order valence-corrected chi connectivity index (χ1v) is 9.37. The number of nitrogens with zero attached hydrogens (tertiary/aromatic N) is 1. The average molecular weight is 423 g/mol. The number of aliphatic hydroxyl groups is 1. The molecule has 1 aliphatic carbocycles. The van der Waals surface area contributed by atoms with E-state index in [0.29, 0.717) is 29.8 Å². The molecule has 2 N–H and O–H groups in total. The summed E-state index contributed by atoms with van der Waals surface area (Å²) in [5.74, 6) is 4.83. The van der Waals surface area contributed by atoms with Crippen molar-refractivity contribution in [3.05, 3.63) is 64.4 Å². The van der Waals surface area contributed by atoms with Crippen molar-refractivity contribution in [2.24, 2.45) is 0 Å². The Morgan fingerprint density at radius 3 is 2.86 bits per heavy atom. The van der Waals surface area contributed by atoms with Crippen LogP contribution in [0.3, 0.4) is 0 Å². The Morgan fingerprint density at radius 1 is 1.34 bits per heavy atom. The fourth-order valence-corrected chi connectivity index (χ4v) is 3.52. The van der Waals surface area contributed by atoms with Gasteiger partial charge in [0.05, 0.1) is 11.1 Å². The highest BCUT2D eigenvalue weighted by Gasteiger charge is 2.37. The number of nitrogens with one attached hydrogen (secondary N) is 1. The summed E-state index contributed by atoms with van der Waals surface area (Å²) in [6.07, 6.45) is -1.14. The first-order valence-electron chi connectivity index (χ1n) is 8.99. The normalized spacial score (nSPS) is 21.8. The largest absolute Gasteiger partial charge is 0.417 e. The van der Waals surface area contributed by atoms with E-state index in [1.165, 1.54) is 0 Å². The van der Waals surface area contributed by atoms with Crippen molar-refractivity contribution in [3.8, 4) is 11.8 Å². The molecule has 8 heteroatoms. The molecule has 0 spiro atoms. The van der Waals surface area contributed by atoms with Crippen molar-refractivity contribution in [1.82, 2.24) is 10.3 Å². The zero-order valence-corrected chi connectivity index (χ0v) is 16.0. The SMILES string of the molecule is O=C(N[C@H]1CCC[C@@](O)(C#Cc2cccc(Cl)c2)C1)c1cnccc1C(F)(F)F. The maximum atomic E-state index is 13.1. The molecule has 1 aliphatic rings. The van der Waals surface area contributed by atoms with Gasteiger partial charge in [-0.05, 0) is 43.5 Å². The molecule has 1 aromatic carbocycles. The zero-order valence-electron chi connectivity index (χ0n) is 15.3. The predicted octanol–water partition coefficient (Wildman–Crippen LogP) is 4.21. The van der Waals surface area contributed by atoms with Crippen LogP contribution in [0, 0.1) is 11.8 Å². The molecule has 2 aromatic rings. The van der Waals surface area contributed by atoms with Crippen LogP contribution in [0.5, 0.6) is 0 Å². The Hall–Kier alpha value is -2.56. The van der Waals surface area contributed by atoms with Gasteiger partial charge in [-0.2, -0.15) is 13.2 Å². The minimum Gasteiger partial charge on any atom is -0.378 e. The van der Waals surface area contributed by atoms with Gasteiger partial charge < -0.3 is 10.4 Å². The van der Waals surface area contributed by atoms with Crippen LogP contribution in [-0.2, 0) is 6.18 Å². The lowest BCUT2D eigenvalue weighted by Crippen LogP contribution is -2.45. The van der Waals surface area contributed by atoms with Gasteiger partial charge in [-0.3, -0.25) is 9.78 Å². The second-order valence-corrected chi connectivity index (χ2v) is 7.41. The third-order valence-corrected chi connectivity index (χ3v) is 4.93. The fourth-order valence-electron chi connectivity index (χ4n) is 3.33. The Morgan fingerprint density at radius 2 is 2.14 bits per heavy atom. The minimum atomic E-state index is -4.66. The van der Waals surface area contributed by atoms with Gasteiger partial charge in [-0.15, -0.1) is 0 Å². The molecular weight excluding hydrogens is 405 g/mol. The fraction of sp³-hybridized carbons (Fsp3) is 0.333. The van der Waals surface area contributed by atoms with Crippen molar-refractivity contribution < 1.29 is 23.1 Å². The molecule has 0 radical (unpaired) electrons. The highest BCUT2D eigenvalue weighted by molar-refractivity contribution is 6.30. The monoisotopic (exact) mass is 422 g/mol. The molecule has 0 unspecified atom stereocenters. The number of carbonyl (C=O) groups excluding carboxylic acids is 1. The molecule has 4 nitrogen and oxygen atoms in total. The molecular formula is C21H18ClF3N2O2. The Balaban J connectivity index is 1.73. The van der Waals surface area contributed by atoms with Crippen molar-refractivity contribution in [2.45, 2.75) is 43.5 Å². The number of aromatic nitrogens is 1. The summed E-state index contributed by atoms with van der Waals surface area (Å²) in [6.45, 7) is 0. The molecule has 1 saturated carbocycles. The molecule has 1 aromatic heterocycles. The molecule has 0 bridgehead atoms. The van der Waals surface area contributed by atoms with Crippen LogP contribution in [0.2, 0.25) is 5.02 Å². The third-order valence-electron chi connectivity index (χ3n) is 4.70. The van der Waals surface area contributed by atoms with Crippen LogP contribution in [-0.4, -0.2) is 27.6 Å². The lowest BCUT2D eigenvalue weighted by Gasteiger charge is -2.33. The Labute approximate surface area is 171 Å². The first kappa shape index (κ1) is 21.2. The average Bonchev–Trinajstić information content (AvgIpc) is 2.66. The molecule has 29 heavy (non-hydrogen) atoms. The molecule has 0 aliphatic heterocycles. The van der Waals surface area contributed by atoms with Gasteiger partial charge in [0.1, 0.15) is 5.60 Å². The van der Waals surface area contributed by atoms with Crippen LogP contribution < -0.4 is 5.32 Å². The maximum absolute atomic E-state index is 13.1. The molecule has 3 rings (SSSR count). The third kappa shape index (κ3) is 5.49. The summed E-state index contributed by atoms with van der Waals surface area (Å²) < 4.78 is 39.4. The molecule has 2 atom stereocenters. The number of alkyl halides is 3. The van der Waals surface area contributed by atoms with E-state index in [9.17, 15) is 23.1 Å². The van der Waals surface area contributed by atoms with Gasteiger partial charge in [0.2, 0.25) is 0 Å². The van der Waals surface area contributed by atoms with E-state index in [2.05, 4.69) is 22.1 Å². The van der Waals surface area contributed by atoms with Gasteiger partial charge in [0.25, 0.3) is 5.91 Å². The van der Waals surface area contributed by atoms with Crippen molar-refractivity contribution >= 4 is 17.5 Å². The van der Waals surface area contributed by atoms with E-state index in [0.717, 1.165) is 18.5 Å². The minimum absolute atomic E-state index is 0.119. The number of benzene rings is 1. The van der Waals surface area contributed by atoms with Crippen molar-refractivity contribution in [2.75, 3.05) is 0 Å². The van der Waals surface area contributed by atoms with Gasteiger partial charge in [0.15, 0.2) is 0 Å². The summed E-state index contributed by atoms with van der Waals surface area (Å²) in [6, 6.07) is 7.14. The highest BCUT2D eigenvalue weighted by atomic mass is 35.5. The number of halogens is 4. The molecule has 1 fully saturated rings. The molecule has 1 amide bonds. The summed E-state index contributed by atoms with van der Waals surface area (Å²) in [5, 5.41) is 13.9. The van der Waals surface area contributed by atoms with E-state index in [-0.39, 0.29) is 6.42 Å². The number of rotatable bonds is 2. The number of hydrogen-bond acceptors (Lipinski definition) is 3. The number of hydrogen-bond donors (Lipinski definition) is 2. The second-order valence-electron chi connectivity index (χ2n) is 6.98. The van der Waals surface area contributed by atoms with Gasteiger partial charge in [-0.25, -0.2) is 0 Å². The van der Waals surface area contributed by atoms with Crippen LogP contribution in [0.4, 0.5) is 13.2 Å². The predicted molar refractivity (Wildman–Crippen MR) is 102 cm³/mol. The lowest BCUT2D eigenvalue weighted by atomic mass is 9.82. The summed E-state index contributed by atoms with van der Waals surface area (Å²) >= 11 is 5.92. The Bertz CT molecular complexity index is 968. The van der Waals surface area contributed by atoms with E-state index in [1.54, 1.807) is 24.3 Å². The summed E-state index contributed by atoms with van der Waals surface area (Å²) in [5.41, 5.74) is -2.29. The molecule has 152 valence electrons. The smallest absolute Gasteiger partial charge is 0.378 e. The molecule has 1 heterocycles.